The second kappa shape index (κ2) is 5.01. The van der Waals surface area contributed by atoms with Gasteiger partial charge in [0.15, 0.2) is 0 Å². The zero-order chi connectivity index (χ0) is 14.1. The Morgan fingerprint density at radius 1 is 1.58 bits per heavy atom. The molecule has 106 valence electrons. The van der Waals surface area contributed by atoms with Crippen molar-refractivity contribution in [2.24, 2.45) is 0 Å². The van der Waals surface area contributed by atoms with E-state index >= 15 is 0 Å². The Labute approximate surface area is 114 Å². The number of rotatable bonds is 2. The maximum atomic E-state index is 12.4. The fraction of sp³-hybridized carbons (Fsp3) is 0.857. The Kier molecular flexibility index (Phi) is 3.73. The summed E-state index contributed by atoms with van der Waals surface area (Å²) >= 11 is 0. The molecule has 2 heterocycles. The van der Waals surface area contributed by atoms with Crippen molar-refractivity contribution in [2.45, 2.75) is 63.6 Å². The number of carbonyl (C=O) groups is 1. The minimum atomic E-state index is -0.474. The van der Waals surface area contributed by atoms with Crippen molar-refractivity contribution in [3.05, 3.63) is 0 Å². The third-order valence-electron chi connectivity index (χ3n) is 3.95. The van der Waals surface area contributed by atoms with Gasteiger partial charge < -0.3 is 10.1 Å². The number of carbonyl (C=O) groups excluding carboxylic acids is 1. The molecule has 5 heteroatoms. The molecule has 2 aliphatic heterocycles. The van der Waals surface area contributed by atoms with E-state index in [1.807, 2.05) is 25.7 Å². The number of nitriles is 1. The zero-order valence-corrected chi connectivity index (χ0v) is 12.0. The number of piperazine rings is 1. The van der Waals surface area contributed by atoms with E-state index in [0.717, 1.165) is 32.4 Å². The average Bonchev–Trinajstić information content (AvgIpc) is 2.52. The lowest BCUT2D eigenvalue weighted by atomic mass is 9.90. The van der Waals surface area contributed by atoms with Crippen LogP contribution in [0.15, 0.2) is 0 Å². The molecule has 2 atom stereocenters. The van der Waals surface area contributed by atoms with E-state index in [1.54, 1.807) is 0 Å². The fourth-order valence-corrected chi connectivity index (χ4v) is 3.19. The molecule has 2 bridgehead atoms. The van der Waals surface area contributed by atoms with Gasteiger partial charge in [-0.3, -0.25) is 4.90 Å². The minimum absolute atomic E-state index is 0.210. The summed E-state index contributed by atoms with van der Waals surface area (Å²) in [6, 6.07) is 2.40. The third kappa shape index (κ3) is 2.84. The molecule has 2 aliphatic rings. The maximum absolute atomic E-state index is 12.4. The summed E-state index contributed by atoms with van der Waals surface area (Å²) in [4.78, 5) is 14.3. The molecule has 0 aliphatic carbocycles. The quantitative estimate of drug-likeness (QED) is 0.829. The van der Waals surface area contributed by atoms with Gasteiger partial charge in [0.2, 0.25) is 0 Å². The molecule has 0 aromatic heterocycles. The molecule has 2 rings (SSSR count). The van der Waals surface area contributed by atoms with Crippen LogP contribution in [-0.2, 0) is 4.74 Å². The van der Waals surface area contributed by atoms with Crippen LogP contribution in [0.4, 0.5) is 4.79 Å². The predicted molar refractivity (Wildman–Crippen MR) is 71.5 cm³/mol. The molecular formula is C14H23N3O2. The number of hydrogen-bond donors (Lipinski definition) is 1. The number of nitrogens with zero attached hydrogens (tertiary/aromatic N) is 2. The average molecular weight is 265 g/mol. The van der Waals surface area contributed by atoms with E-state index in [0.29, 0.717) is 6.42 Å². The Hall–Kier alpha value is -1.28. The highest BCUT2D eigenvalue weighted by atomic mass is 16.6. The minimum Gasteiger partial charge on any atom is -0.444 e. The number of amides is 1. The van der Waals surface area contributed by atoms with Gasteiger partial charge in [-0.2, -0.15) is 5.26 Å². The highest BCUT2D eigenvalue weighted by Crippen LogP contribution is 2.40. The topological polar surface area (TPSA) is 65.4 Å². The molecule has 0 aromatic rings. The predicted octanol–water partition coefficient (Wildman–Crippen LogP) is 2.03. The van der Waals surface area contributed by atoms with E-state index in [-0.39, 0.29) is 17.7 Å². The maximum Gasteiger partial charge on any atom is 0.411 e. The lowest BCUT2D eigenvalue weighted by Gasteiger charge is -2.45. The third-order valence-corrected chi connectivity index (χ3v) is 3.95. The van der Waals surface area contributed by atoms with Crippen molar-refractivity contribution < 1.29 is 9.53 Å². The van der Waals surface area contributed by atoms with Crippen LogP contribution in [-0.4, -0.2) is 41.3 Å². The second-order valence-electron chi connectivity index (χ2n) is 6.56. The van der Waals surface area contributed by atoms with Crippen LogP contribution in [0.3, 0.4) is 0 Å². The van der Waals surface area contributed by atoms with E-state index in [9.17, 15) is 4.79 Å². The van der Waals surface area contributed by atoms with E-state index in [1.165, 1.54) is 0 Å². The summed E-state index contributed by atoms with van der Waals surface area (Å²) in [7, 11) is 0. The molecular weight excluding hydrogens is 242 g/mol. The first-order chi connectivity index (χ1) is 8.88. The van der Waals surface area contributed by atoms with Crippen molar-refractivity contribution in [2.75, 3.05) is 13.1 Å². The Bertz CT molecular complexity index is 392. The normalized spacial score (nSPS) is 30.0. The van der Waals surface area contributed by atoms with Crippen LogP contribution >= 0.6 is 0 Å². The van der Waals surface area contributed by atoms with Crippen LogP contribution < -0.4 is 5.32 Å². The van der Waals surface area contributed by atoms with Gasteiger partial charge in [0, 0.05) is 25.6 Å². The van der Waals surface area contributed by atoms with Gasteiger partial charge in [0.1, 0.15) is 5.60 Å². The summed E-state index contributed by atoms with van der Waals surface area (Å²) < 4.78 is 5.54. The van der Waals surface area contributed by atoms with Crippen molar-refractivity contribution in [3.8, 4) is 6.07 Å². The summed E-state index contributed by atoms with van der Waals surface area (Å²) in [5, 5.41) is 12.2. The van der Waals surface area contributed by atoms with Crippen molar-refractivity contribution in [3.63, 3.8) is 0 Å². The molecule has 1 amide bonds. The molecule has 2 saturated heterocycles. The lowest BCUT2D eigenvalue weighted by Crippen LogP contribution is -2.62. The lowest BCUT2D eigenvalue weighted by molar-refractivity contribution is -0.0117. The summed E-state index contributed by atoms with van der Waals surface area (Å²) in [6.45, 7) is 7.25. The van der Waals surface area contributed by atoms with Gasteiger partial charge >= 0.3 is 6.09 Å². The number of hydrogen-bond acceptors (Lipinski definition) is 4. The van der Waals surface area contributed by atoms with Crippen LogP contribution in [0, 0.1) is 11.3 Å². The standard InChI is InChI=1S/C14H23N3O2/c1-13(2,3)19-12(18)17-11-5-7-14(17,6-4-8-15)10-16-9-11/h11,16H,4-7,9-10H2,1-3H3. The largest absolute Gasteiger partial charge is 0.444 e. The first-order valence-corrected chi connectivity index (χ1v) is 6.98. The molecule has 5 nitrogen and oxygen atoms in total. The molecule has 0 radical (unpaired) electrons. The molecule has 2 unspecified atom stereocenters. The number of ether oxygens (including phenoxy) is 1. The SMILES string of the molecule is CC(C)(C)OC(=O)N1C2CCC1(CCC#N)CNC2. The van der Waals surface area contributed by atoms with Gasteiger partial charge in [-0.15, -0.1) is 0 Å². The van der Waals surface area contributed by atoms with E-state index < -0.39 is 5.60 Å². The van der Waals surface area contributed by atoms with Gasteiger partial charge in [-0.1, -0.05) is 0 Å². The van der Waals surface area contributed by atoms with Crippen molar-refractivity contribution in [1.82, 2.24) is 10.2 Å². The second-order valence-corrected chi connectivity index (χ2v) is 6.56. The molecule has 0 saturated carbocycles. The van der Waals surface area contributed by atoms with Crippen molar-refractivity contribution in [1.29, 1.82) is 5.26 Å². The van der Waals surface area contributed by atoms with E-state index in [4.69, 9.17) is 10.00 Å². The summed E-state index contributed by atoms with van der Waals surface area (Å²) in [6.07, 6.45) is 2.94. The molecule has 0 spiro atoms. The smallest absolute Gasteiger partial charge is 0.411 e. The first-order valence-electron chi connectivity index (χ1n) is 6.98. The van der Waals surface area contributed by atoms with Crippen LogP contribution in [0.1, 0.15) is 46.5 Å². The van der Waals surface area contributed by atoms with Gasteiger partial charge in [0.05, 0.1) is 11.6 Å². The highest BCUT2D eigenvalue weighted by Gasteiger charge is 2.51. The van der Waals surface area contributed by atoms with Crippen LogP contribution in [0.2, 0.25) is 0 Å². The van der Waals surface area contributed by atoms with Gasteiger partial charge in [0.25, 0.3) is 0 Å². The molecule has 0 aromatic carbocycles. The van der Waals surface area contributed by atoms with Gasteiger partial charge in [-0.25, -0.2) is 4.79 Å². The molecule has 19 heavy (non-hydrogen) atoms. The van der Waals surface area contributed by atoms with E-state index in [2.05, 4.69) is 11.4 Å². The first kappa shape index (κ1) is 14.1. The van der Waals surface area contributed by atoms with Crippen molar-refractivity contribution >= 4 is 6.09 Å². The fourth-order valence-electron chi connectivity index (χ4n) is 3.19. The number of fused-ring (bicyclic) bond motifs is 2. The molecule has 1 N–H and O–H groups in total. The monoisotopic (exact) mass is 265 g/mol. The highest BCUT2D eigenvalue weighted by molar-refractivity contribution is 5.70. The zero-order valence-electron chi connectivity index (χ0n) is 12.0. The summed E-state index contributed by atoms with van der Waals surface area (Å²) in [5.74, 6) is 0. The van der Waals surface area contributed by atoms with Gasteiger partial charge in [-0.05, 0) is 40.0 Å². The van der Waals surface area contributed by atoms with Crippen LogP contribution in [0.5, 0.6) is 0 Å². The molecule has 2 fully saturated rings. The Balaban J connectivity index is 2.16. The number of nitrogens with one attached hydrogen (secondary N) is 1. The van der Waals surface area contributed by atoms with Crippen LogP contribution in [0.25, 0.3) is 0 Å². The Morgan fingerprint density at radius 3 is 2.95 bits per heavy atom. The Morgan fingerprint density at radius 2 is 2.32 bits per heavy atom. The summed E-state index contributed by atoms with van der Waals surface area (Å²) in [5.41, 5.74) is -0.696.